The van der Waals surface area contributed by atoms with Crippen molar-refractivity contribution < 1.29 is 19.6 Å². The van der Waals surface area contributed by atoms with Crippen LogP contribution >= 0.6 is 0 Å². The van der Waals surface area contributed by atoms with Crippen molar-refractivity contribution in [2.45, 2.75) is 25.3 Å². The molecule has 1 aliphatic rings. The molecule has 1 aromatic rings. The SMILES string of the molecule is O=C(NCB(O)O)C1CCCN1C(=O)CNCCc1ccccc1. The highest BCUT2D eigenvalue weighted by Crippen LogP contribution is 2.17. The summed E-state index contributed by atoms with van der Waals surface area (Å²) in [6, 6.07) is 9.50. The van der Waals surface area contributed by atoms with Crippen LogP contribution < -0.4 is 10.6 Å². The number of rotatable bonds is 8. The summed E-state index contributed by atoms with van der Waals surface area (Å²) < 4.78 is 0. The van der Waals surface area contributed by atoms with Crippen LogP contribution in [0.25, 0.3) is 0 Å². The Bertz CT molecular complexity index is 541. The van der Waals surface area contributed by atoms with E-state index in [0.717, 1.165) is 12.8 Å². The van der Waals surface area contributed by atoms with Gasteiger partial charge in [0.25, 0.3) is 0 Å². The molecule has 1 aliphatic heterocycles. The Morgan fingerprint density at radius 3 is 2.71 bits per heavy atom. The third kappa shape index (κ3) is 5.63. The molecule has 0 spiro atoms. The zero-order chi connectivity index (χ0) is 17.4. The number of hydrogen-bond donors (Lipinski definition) is 4. The first-order chi connectivity index (χ1) is 11.6. The van der Waals surface area contributed by atoms with Gasteiger partial charge in [0.1, 0.15) is 6.04 Å². The van der Waals surface area contributed by atoms with Crippen molar-refractivity contribution in [1.82, 2.24) is 15.5 Å². The van der Waals surface area contributed by atoms with Gasteiger partial charge in [-0.1, -0.05) is 30.3 Å². The van der Waals surface area contributed by atoms with E-state index in [4.69, 9.17) is 10.0 Å². The fourth-order valence-electron chi connectivity index (χ4n) is 2.82. The molecular weight excluding hydrogens is 309 g/mol. The van der Waals surface area contributed by atoms with E-state index in [1.807, 2.05) is 30.3 Å². The highest BCUT2D eigenvalue weighted by Gasteiger charge is 2.33. The number of hydrogen-bond acceptors (Lipinski definition) is 5. The van der Waals surface area contributed by atoms with Crippen LogP contribution in [0, 0.1) is 0 Å². The number of carbonyl (C=O) groups is 2. The van der Waals surface area contributed by atoms with Gasteiger partial charge in [0.2, 0.25) is 11.8 Å². The van der Waals surface area contributed by atoms with Gasteiger partial charge >= 0.3 is 7.12 Å². The molecule has 2 amide bonds. The number of benzene rings is 1. The summed E-state index contributed by atoms with van der Waals surface area (Å²) in [6.45, 7) is 1.44. The zero-order valence-electron chi connectivity index (χ0n) is 13.6. The van der Waals surface area contributed by atoms with Crippen LogP contribution in [0.4, 0.5) is 0 Å². The maximum Gasteiger partial charge on any atom is 0.472 e. The zero-order valence-corrected chi connectivity index (χ0v) is 13.6. The maximum absolute atomic E-state index is 12.3. The first kappa shape index (κ1) is 18.4. The molecule has 1 aromatic carbocycles. The van der Waals surface area contributed by atoms with Crippen molar-refractivity contribution in [3.05, 3.63) is 35.9 Å². The molecule has 24 heavy (non-hydrogen) atoms. The van der Waals surface area contributed by atoms with E-state index in [2.05, 4.69) is 10.6 Å². The minimum Gasteiger partial charge on any atom is -0.426 e. The van der Waals surface area contributed by atoms with Gasteiger partial charge in [-0.15, -0.1) is 0 Å². The Morgan fingerprint density at radius 1 is 1.25 bits per heavy atom. The van der Waals surface area contributed by atoms with Gasteiger partial charge in [-0.2, -0.15) is 0 Å². The van der Waals surface area contributed by atoms with Crippen LogP contribution in [0.5, 0.6) is 0 Å². The summed E-state index contributed by atoms with van der Waals surface area (Å²) in [5.41, 5.74) is 1.21. The lowest BCUT2D eigenvalue weighted by Gasteiger charge is -2.24. The second kappa shape index (κ2) is 9.41. The average molecular weight is 333 g/mol. The molecular formula is C16H24BN3O4. The Balaban J connectivity index is 1.73. The van der Waals surface area contributed by atoms with Crippen molar-refractivity contribution in [3.63, 3.8) is 0 Å². The third-order valence-corrected chi connectivity index (χ3v) is 4.04. The quantitative estimate of drug-likeness (QED) is 0.359. The van der Waals surface area contributed by atoms with Gasteiger partial charge in [0, 0.05) is 6.54 Å². The molecule has 1 fully saturated rings. The second-order valence-electron chi connectivity index (χ2n) is 5.88. The van der Waals surface area contributed by atoms with Gasteiger partial charge in [-0.05, 0) is 31.4 Å². The smallest absolute Gasteiger partial charge is 0.426 e. The van der Waals surface area contributed by atoms with Gasteiger partial charge in [-0.3, -0.25) is 9.59 Å². The summed E-state index contributed by atoms with van der Waals surface area (Å²) >= 11 is 0. The molecule has 1 unspecified atom stereocenters. The lowest BCUT2D eigenvalue weighted by molar-refractivity contribution is -0.137. The fourth-order valence-corrected chi connectivity index (χ4v) is 2.82. The van der Waals surface area contributed by atoms with E-state index in [0.29, 0.717) is 19.5 Å². The van der Waals surface area contributed by atoms with E-state index >= 15 is 0 Å². The highest BCUT2D eigenvalue weighted by atomic mass is 16.4. The highest BCUT2D eigenvalue weighted by molar-refractivity contribution is 6.41. The van der Waals surface area contributed by atoms with Crippen molar-refractivity contribution in [2.24, 2.45) is 0 Å². The summed E-state index contributed by atoms with van der Waals surface area (Å²) in [4.78, 5) is 25.9. The van der Waals surface area contributed by atoms with Crippen LogP contribution in [0.15, 0.2) is 30.3 Å². The van der Waals surface area contributed by atoms with Gasteiger partial charge in [-0.25, -0.2) is 0 Å². The molecule has 0 saturated carbocycles. The molecule has 0 radical (unpaired) electrons. The van der Waals surface area contributed by atoms with E-state index < -0.39 is 13.2 Å². The molecule has 7 nitrogen and oxygen atoms in total. The Labute approximate surface area is 142 Å². The van der Waals surface area contributed by atoms with E-state index in [-0.39, 0.29) is 24.8 Å². The Morgan fingerprint density at radius 2 is 2.00 bits per heavy atom. The molecule has 0 aliphatic carbocycles. The summed E-state index contributed by atoms with van der Waals surface area (Å²) in [7, 11) is -1.58. The van der Waals surface area contributed by atoms with Gasteiger partial charge < -0.3 is 25.6 Å². The molecule has 1 atom stereocenters. The minimum atomic E-state index is -1.58. The Hall–Kier alpha value is -1.90. The first-order valence-corrected chi connectivity index (χ1v) is 8.26. The first-order valence-electron chi connectivity index (χ1n) is 8.26. The number of carbonyl (C=O) groups excluding carboxylic acids is 2. The molecule has 0 aromatic heterocycles. The number of amides is 2. The molecule has 130 valence electrons. The van der Waals surface area contributed by atoms with Crippen LogP contribution in [-0.2, 0) is 16.0 Å². The summed E-state index contributed by atoms with van der Waals surface area (Å²) in [5.74, 6) is -0.441. The van der Waals surface area contributed by atoms with Gasteiger partial charge in [0.15, 0.2) is 0 Å². The van der Waals surface area contributed by atoms with E-state index in [9.17, 15) is 9.59 Å². The monoisotopic (exact) mass is 333 g/mol. The topological polar surface area (TPSA) is 102 Å². The lowest BCUT2D eigenvalue weighted by atomic mass is 9.92. The van der Waals surface area contributed by atoms with Crippen LogP contribution in [0.3, 0.4) is 0 Å². The molecule has 1 heterocycles. The largest absolute Gasteiger partial charge is 0.472 e. The maximum atomic E-state index is 12.3. The molecule has 8 heteroatoms. The molecule has 0 bridgehead atoms. The number of nitrogens with one attached hydrogen (secondary N) is 2. The van der Waals surface area contributed by atoms with Crippen molar-refractivity contribution >= 4 is 18.9 Å². The summed E-state index contributed by atoms with van der Waals surface area (Å²) in [5, 5.41) is 23.2. The second-order valence-corrected chi connectivity index (χ2v) is 5.88. The fraction of sp³-hybridized carbons (Fsp3) is 0.500. The molecule has 2 rings (SSSR count). The van der Waals surface area contributed by atoms with Crippen LogP contribution in [0.1, 0.15) is 18.4 Å². The Kier molecular flexibility index (Phi) is 7.23. The third-order valence-electron chi connectivity index (χ3n) is 4.04. The van der Waals surface area contributed by atoms with Crippen LogP contribution in [0.2, 0.25) is 0 Å². The van der Waals surface area contributed by atoms with Crippen LogP contribution in [-0.4, -0.2) is 66.0 Å². The van der Waals surface area contributed by atoms with E-state index in [1.54, 1.807) is 4.90 Å². The normalized spacial score (nSPS) is 16.9. The predicted octanol–water partition coefficient (Wildman–Crippen LogP) is -1.06. The number of nitrogens with zero attached hydrogens (tertiary/aromatic N) is 1. The van der Waals surface area contributed by atoms with E-state index in [1.165, 1.54) is 5.56 Å². The average Bonchev–Trinajstić information content (AvgIpc) is 3.07. The van der Waals surface area contributed by atoms with Crippen molar-refractivity contribution in [3.8, 4) is 0 Å². The van der Waals surface area contributed by atoms with Crippen molar-refractivity contribution in [2.75, 3.05) is 26.1 Å². The molecule has 4 N–H and O–H groups in total. The lowest BCUT2D eigenvalue weighted by Crippen LogP contribution is -2.50. The number of likely N-dealkylation sites (tertiary alicyclic amines) is 1. The van der Waals surface area contributed by atoms with Crippen molar-refractivity contribution in [1.29, 1.82) is 0 Å². The predicted molar refractivity (Wildman–Crippen MR) is 91.0 cm³/mol. The van der Waals surface area contributed by atoms with Gasteiger partial charge in [0.05, 0.1) is 13.0 Å². The minimum absolute atomic E-state index is 0.106. The standard InChI is InChI=1S/C16H24BN3O4/c21-15(11-18-9-8-13-5-2-1-3-6-13)20-10-4-7-14(20)16(22)19-12-17(23)24/h1-3,5-6,14,18,23-24H,4,7-12H2,(H,19,22). The summed E-state index contributed by atoms with van der Waals surface area (Å²) in [6.07, 6.45) is 1.98. The molecule has 1 saturated heterocycles.